The Morgan fingerprint density at radius 2 is 2.18 bits per heavy atom. The lowest BCUT2D eigenvalue weighted by Gasteiger charge is -2.13. The molecule has 1 atom stereocenters. The van der Waals surface area contributed by atoms with Crippen LogP contribution in [0.4, 0.5) is 0 Å². The van der Waals surface area contributed by atoms with Crippen LogP contribution in [0.25, 0.3) is 5.69 Å². The van der Waals surface area contributed by atoms with Gasteiger partial charge in [-0.3, -0.25) is 0 Å². The molecule has 1 aliphatic heterocycles. The van der Waals surface area contributed by atoms with Crippen LogP contribution >= 0.6 is 0 Å². The molecule has 1 aliphatic rings. The fraction of sp³-hybridized carbons (Fsp3) is 0.308. The quantitative estimate of drug-likeness (QED) is 0.823. The number of nitrogens with zero attached hydrogens (tertiary/aromatic N) is 2. The first-order valence-corrected chi connectivity index (χ1v) is 5.89. The molecule has 2 N–H and O–H groups in total. The Morgan fingerprint density at radius 1 is 1.29 bits per heavy atom. The molecule has 0 amide bonds. The van der Waals surface area contributed by atoms with Gasteiger partial charge in [0.25, 0.3) is 0 Å². The highest BCUT2D eigenvalue weighted by Gasteiger charge is 2.21. The molecule has 0 bridgehead atoms. The van der Waals surface area contributed by atoms with Gasteiger partial charge in [0.1, 0.15) is 11.4 Å². The molecule has 1 aromatic heterocycles. The molecule has 4 nitrogen and oxygen atoms in total. The van der Waals surface area contributed by atoms with Crippen molar-refractivity contribution in [3.05, 3.63) is 42.2 Å². The summed E-state index contributed by atoms with van der Waals surface area (Å²) in [6.07, 6.45) is 2.92. The lowest BCUT2D eigenvalue weighted by atomic mass is 10.0. The molecule has 17 heavy (non-hydrogen) atoms. The average Bonchev–Trinajstić information content (AvgIpc) is 3.00. The maximum Gasteiger partial charge on any atom is 0.141 e. The molecular formula is C13H15N3O. The summed E-state index contributed by atoms with van der Waals surface area (Å²) >= 11 is 0. The summed E-state index contributed by atoms with van der Waals surface area (Å²) < 4.78 is 1.84. The lowest BCUT2D eigenvalue weighted by Crippen LogP contribution is -2.11. The van der Waals surface area contributed by atoms with Gasteiger partial charge in [0.05, 0.1) is 0 Å². The maximum absolute atomic E-state index is 9.87. The topological polar surface area (TPSA) is 50.1 Å². The van der Waals surface area contributed by atoms with Crippen molar-refractivity contribution in [2.24, 2.45) is 0 Å². The number of aromatic nitrogens is 2. The Balaban J connectivity index is 2.04. The van der Waals surface area contributed by atoms with Crippen LogP contribution in [-0.2, 0) is 0 Å². The van der Waals surface area contributed by atoms with Crippen LogP contribution in [0.1, 0.15) is 18.0 Å². The van der Waals surface area contributed by atoms with Gasteiger partial charge in [0, 0.05) is 24.4 Å². The Bertz CT molecular complexity index is 515. The predicted molar refractivity (Wildman–Crippen MR) is 65.5 cm³/mol. The zero-order valence-corrected chi connectivity index (χ0v) is 9.50. The maximum atomic E-state index is 9.87. The third-order valence-corrected chi connectivity index (χ3v) is 3.26. The fourth-order valence-corrected chi connectivity index (χ4v) is 2.37. The van der Waals surface area contributed by atoms with E-state index in [4.69, 9.17) is 0 Å². The average molecular weight is 229 g/mol. The van der Waals surface area contributed by atoms with Crippen LogP contribution in [0.3, 0.4) is 0 Å². The zero-order valence-electron chi connectivity index (χ0n) is 9.50. The molecule has 4 heteroatoms. The van der Waals surface area contributed by atoms with E-state index in [2.05, 4.69) is 10.4 Å². The highest BCUT2D eigenvalue weighted by molar-refractivity contribution is 5.46. The second-order valence-corrected chi connectivity index (χ2v) is 4.35. The van der Waals surface area contributed by atoms with Gasteiger partial charge in [0.15, 0.2) is 0 Å². The monoisotopic (exact) mass is 229 g/mol. The van der Waals surface area contributed by atoms with E-state index in [-0.39, 0.29) is 5.75 Å². The molecule has 0 saturated carbocycles. The molecule has 0 spiro atoms. The minimum Gasteiger partial charge on any atom is -0.506 e. The van der Waals surface area contributed by atoms with Gasteiger partial charge in [-0.25, -0.2) is 4.68 Å². The van der Waals surface area contributed by atoms with Gasteiger partial charge in [-0.2, -0.15) is 5.10 Å². The van der Waals surface area contributed by atoms with Gasteiger partial charge in [-0.1, -0.05) is 12.1 Å². The van der Waals surface area contributed by atoms with Gasteiger partial charge in [-0.05, 0) is 31.2 Å². The number of nitrogens with one attached hydrogen (secondary N) is 1. The van der Waals surface area contributed by atoms with E-state index in [1.165, 1.54) is 0 Å². The van der Waals surface area contributed by atoms with E-state index in [1.54, 1.807) is 12.3 Å². The minimum absolute atomic E-state index is 0.267. The normalized spacial score (nSPS) is 19.6. The second-order valence-electron chi connectivity index (χ2n) is 4.35. The van der Waals surface area contributed by atoms with E-state index in [9.17, 15) is 5.11 Å². The molecule has 1 aromatic carbocycles. The summed E-state index contributed by atoms with van der Waals surface area (Å²) in [6, 6.07) is 9.33. The Morgan fingerprint density at radius 3 is 2.94 bits per heavy atom. The van der Waals surface area contributed by atoms with Crippen molar-refractivity contribution in [3.8, 4) is 11.4 Å². The van der Waals surface area contributed by atoms with E-state index < -0.39 is 0 Å². The first-order chi connectivity index (χ1) is 8.36. The number of benzene rings is 1. The van der Waals surface area contributed by atoms with Crippen molar-refractivity contribution in [2.75, 3.05) is 13.1 Å². The number of phenols is 1. The van der Waals surface area contributed by atoms with Crippen molar-refractivity contribution >= 4 is 0 Å². The standard InChI is InChI=1S/C13H15N3O/c17-13-4-2-1-3-12(13)16-11(6-8-15-16)10-5-7-14-9-10/h1-4,6,8,10,14,17H,5,7,9H2. The summed E-state index contributed by atoms with van der Waals surface area (Å²) in [5.74, 6) is 0.750. The highest BCUT2D eigenvalue weighted by atomic mass is 16.3. The van der Waals surface area contributed by atoms with Gasteiger partial charge >= 0.3 is 0 Å². The summed E-state index contributed by atoms with van der Waals surface area (Å²) in [5.41, 5.74) is 1.91. The Labute approximate surface area is 99.9 Å². The summed E-state index contributed by atoms with van der Waals surface area (Å²) in [4.78, 5) is 0. The summed E-state index contributed by atoms with van der Waals surface area (Å²) in [6.45, 7) is 2.04. The molecule has 88 valence electrons. The van der Waals surface area contributed by atoms with E-state index in [0.29, 0.717) is 5.92 Å². The predicted octanol–water partition coefficient (Wildman–Crippen LogP) is 1.65. The number of para-hydroxylation sites is 2. The van der Waals surface area contributed by atoms with Crippen LogP contribution in [0.5, 0.6) is 5.75 Å². The molecule has 0 aliphatic carbocycles. The number of phenolic OH excluding ortho intramolecular Hbond substituents is 1. The van der Waals surface area contributed by atoms with Crippen LogP contribution in [0.15, 0.2) is 36.5 Å². The first-order valence-electron chi connectivity index (χ1n) is 5.89. The summed E-state index contributed by atoms with van der Waals surface area (Å²) in [5, 5.41) is 17.5. The number of hydrogen-bond donors (Lipinski definition) is 2. The summed E-state index contributed by atoms with van der Waals surface area (Å²) in [7, 11) is 0. The van der Waals surface area contributed by atoms with E-state index in [0.717, 1.165) is 30.9 Å². The molecule has 3 rings (SSSR count). The number of rotatable bonds is 2. The van der Waals surface area contributed by atoms with Crippen LogP contribution in [-0.4, -0.2) is 28.0 Å². The Kier molecular flexibility index (Phi) is 2.57. The van der Waals surface area contributed by atoms with Crippen molar-refractivity contribution < 1.29 is 5.11 Å². The van der Waals surface area contributed by atoms with Gasteiger partial charge < -0.3 is 10.4 Å². The molecule has 0 radical (unpaired) electrons. The fourth-order valence-electron chi connectivity index (χ4n) is 2.37. The first kappa shape index (κ1) is 10.4. The molecule has 2 heterocycles. The molecule has 1 fully saturated rings. The van der Waals surface area contributed by atoms with E-state index in [1.807, 2.05) is 28.9 Å². The van der Waals surface area contributed by atoms with Crippen LogP contribution < -0.4 is 5.32 Å². The second kappa shape index (κ2) is 4.22. The Hall–Kier alpha value is -1.81. The zero-order chi connectivity index (χ0) is 11.7. The SMILES string of the molecule is Oc1ccccc1-n1nccc1C1CCNC1. The van der Waals surface area contributed by atoms with E-state index >= 15 is 0 Å². The highest BCUT2D eigenvalue weighted by Crippen LogP contribution is 2.27. The van der Waals surface area contributed by atoms with Crippen LogP contribution in [0.2, 0.25) is 0 Å². The smallest absolute Gasteiger partial charge is 0.141 e. The molecule has 1 saturated heterocycles. The number of hydrogen-bond acceptors (Lipinski definition) is 3. The van der Waals surface area contributed by atoms with Crippen molar-refractivity contribution in [1.29, 1.82) is 0 Å². The molecule has 1 unspecified atom stereocenters. The van der Waals surface area contributed by atoms with Crippen molar-refractivity contribution in [3.63, 3.8) is 0 Å². The third-order valence-electron chi connectivity index (χ3n) is 3.26. The lowest BCUT2D eigenvalue weighted by molar-refractivity contribution is 0.469. The number of aromatic hydroxyl groups is 1. The molecular weight excluding hydrogens is 214 g/mol. The van der Waals surface area contributed by atoms with Crippen LogP contribution in [0, 0.1) is 0 Å². The van der Waals surface area contributed by atoms with Crippen molar-refractivity contribution in [2.45, 2.75) is 12.3 Å². The van der Waals surface area contributed by atoms with Gasteiger partial charge in [-0.15, -0.1) is 0 Å². The van der Waals surface area contributed by atoms with Gasteiger partial charge in [0.2, 0.25) is 0 Å². The van der Waals surface area contributed by atoms with Crippen molar-refractivity contribution in [1.82, 2.24) is 15.1 Å². The minimum atomic E-state index is 0.267. The largest absolute Gasteiger partial charge is 0.506 e. The molecule has 2 aromatic rings. The third kappa shape index (κ3) is 1.80.